The summed E-state index contributed by atoms with van der Waals surface area (Å²) in [5, 5.41) is 0. The van der Waals surface area contributed by atoms with Crippen LogP contribution in [0.25, 0.3) is 0 Å². The van der Waals surface area contributed by atoms with Gasteiger partial charge < -0.3 is 13.3 Å². The molecule has 0 heterocycles. The summed E-state index contributed by atoms with van der Waals surface area (Å²) in [5.41, 5.74) is -6.60. The van der Waals surface area contributed by atoms with Gasteiger partial charge in [0.05, 0.1) is 0 Å². The Morgan fingerprint density at radius 3 is 0.906 bits per heavy atom. The van der Waals surface area contributed by atoms with Crippen LogP contribution in [0.2, 0.25) is 0 Å². The molecule has 0 atom stereocenters. The van der Waals surface area contributed by atoms with Gasteiger partial charge in [-0.1, -0.05) is 0 Å². The summed E-state index contributed by atoms with van der Waals surface area (Å²) >= 11 is 0. The van der Waals surface area contributed by atoms with E-state index in [4.69, 9.17) is 0 Å². The molecule has 0 aliphatic rings. The minimum atomic E-state index is -8.02. The molecule has 0 spiro atoms. The Bertz CT molecular complexity index is 606. The van der Waals surface area contributed by atoms with E-state index >= 15 is 0 Å². The summed E-state index contributed by atoms with van der Waals surface area (Å²) in [5.74, 6) is -31.4. The summed E-state index contributed by atoms with van der Waals surface area (Å²) in [6.45, 7) is 5.46. The first-order valence-electron chi connectivity index (χ1n) is 8.74. The van der Waals surface area contributed by atoms with Gasteiger partial charge in [0.1, 0.15) is 0 Å². The molecule has 0 N–H and O–H groups in total. The van der Waals surface area contributed by atoms with E-state index in [2.05, 4.69) is 13.3 Å². The highest BCUT2D eigenvalue weighted by Crippen LogP contribution is 2.61. The van der Waals surface area contributed by atoms with Crippen LogP contribution in [0.15, 0.2) is 0 Å². The van der Waals surface area contributed by atoms with E-state index in [0.29, 0.717) is 0 Å². The van der Waals surface area contributed by atoms with Crippen molar-refractivity contribution in [3.05, 3.63) is 0 Å². The van der Waals surface area contributed by atoms with E-state index in [0.717, 1.165) is 41.5 Å². The molecule has 194 valence electrons. The fourth-order valence-corrected chi connectivity index (χ4v) is 5.21. The highest BCUT2D eigenvalue weighted by atomic mass is 28.4. The lowest BCUT2D eigenvalue weighted by Crippen LogP contribution is -2.77. The van der Waals surface area contributed by atoms with E-state index in [1.165, 1.54) is 0 Å². The lowest BCUT2D eigenvalue weighted by atomic mass is 9.98. The first-order chi connectivity index (χ1) is 13.7. The number of alkyl halides is 13. The van der Waals surface area contributed by atoms with Crippen LogP contribution in [0, 0.1) is 0 Å². The number of hydrogen-bond donors (Lipinski definition) is 0. The maximum Gasteiger partial charge on any atom is 0.582 e. The third kappa shape index (κ3) is 4.99. The third-order valence-electron chi connectivity index (χ3n) is 3.49. The van der Waals surface area contributed by atoms with Crippen molar-refractivity contribution in [2.45, 2.75) is 95.3 Å². The van der Waals surface area contributed by atoms with Gasteiger partial charge in [-0.05, 0) is 41.5 Å². The van der Waals surface area contributed by atoms with E-state index in [-0.39, 0.29) is 0 Å². The van der Waals surface area contributed by atoms with Crippen LogP contribution in [0.5, 0.6) is 0 Å². The first kappa shape index (κ1) is 31.2. The Hall–Kier alpha value is -0.813. The maximum atomic E-state index is 14.9. The van der Waals surface area contributed by atoms with Crippen LogP contribution in [-0.2, 0) is 13.3 Å². The number of rotatable bonds is 11. The number of hydrogen-bond acceptors (Lipinski definition) is 3. The summed E-state index contributed by atoms with van der Waals surface area (Å²) < 4.78 is 190. The second kappa shape index (κ2) is 9.09. The van der Waals surface area contributed by atoms with Crippen molar-refractivity contribution < 1.29 is 70.4 Å². The van der Waals surface area contributed by atoms with E-state index in [1.807, 2.05) is 0 Å². The molecule has 17 heteroatoms. The molecule has 0 rings (SSSR count). The molecule has 0 aromatic heterocycles. The SMILES string of the molecule is CC(C)O[Si](OC(C)C)(OC(C)C)C(F)(F)C(F)(F)C(F)(F)C(F)(F)C(F)(F)C(F)(F)F. The highest BCUT2D eigenvalue weighted by Gasteiger charge is 2.94. The minimum Gasteiger partial charge on any atom is -0.367 e. The molecular weight excluding hydrogens is 503 g/mol. The van der Waals surface area contributed by atoms with E-state index in [9.17, 15) is 57.1 Å². The average molecular weight is 524 g/mol. The molecule has 0 aromatic carbocycles. The van der Waals surface area contributed by atoms with E-state index in [1.54, 1.807) is 0 Å². The second-order valence-electron chi connectivity index (χ2n) is 7.43. The largest absolute Gasteiger partial charge is 0.582 e. The van der Waals surface area contributed by atoms with Crippen LogP contribution in [0.4, 0.5) is 57.1 Å². The fourth-order valence-electron chi connectivity index (χ4n) is 2.20. The summed E-state index contributed by atoms with van der Waals surface area (Å²) in [6.07, 6.45) is -12.1. The lowest BCUT2D eigenvalue weighted by molar-refractivity contribution is -0.436. The van der Waals surface area contributed by atoms with E-state index < -0.39 is 62.5 Å². The van der Waals surface area contributed by atoms with Gasteiger partial charge in [-0.25, -0.2) is 0 Å². The average Bonchev–Trinajstić information content (AvgIpc) is 2.50. The van der Waals surface area contributed by atoms with Crippen LogP contribution in [-0.4, -0.2) is 62.5 Å². The van der Waals surface area contributed by atoms with Crippen LogP contribution < -0.4 is 0 Å². The Morgan fingerprint density at radius 1 is 0.438 bits per heavy atom. The van der Waals surface area contributed by atoms with Gasteiger partial charge in [0.15, 0.2) is 0 Å². The van der Waals surface area contributed by atoms with Gasteiger partial charge >= 0.3 is 44.2 Å². The third-order valence-corrected chi connectivity index (χ3v) is 6.92. The Kier molecular flexibility index (Phi) is 8.86. The van der Waals surface area contributed by atoms with Crippen molar-refractivity contribution in [3.63, 3.8) is 0 Å². The maximum absolute atomic E-state index is 14.9. The van der Waals surface area contributed by atoms with Crippen LogP contribution in [0.3, 0.4) is 0 Å². The van der Waals surface area contributed by atoms with Gasteiger partial charge in [-0.15, -0.1) is 0 Å². The predicted molar refractivity (Wildman–Crippen MR) is 85.2 cm³/mol. The number of halogens is 13. The van der Waals surface area contributed by atoms with Crippen molar-refractivity contribution >= 4 is 8.80 Å². The predicted octanol–water partition coefficient (Wildman–Crippen LogP) is 6.48. The lowest BCUT2D eigenvalue weighted by Gasteiger charge is -2.45. The molecule has 0 aromatic rings. The molecule has 0 fully saturated rings. The molecule has 0 unspecified atom stereocenters. The topological polar surface area (TPSA) is 27.7 Å². The minimum absolute atomic E-state index is 0.911. The normalized spacial score (nSPS) is 15.9. The van der Waals surface area contributed by atoms with Crippen molar-refractivity contribution in [2.75, 3.05) is 0 Å². The van der Waals surface area contributed by atoms with Gasteiger partial charge in [-0.2, -0.15) is 57.1 Å². The fraction of sp³-hybridized carbons (Fsp3) is 1.00. The molecule has 32 heavy (non-hydrogen) atoms. The Morgan fingerprint density at radius 2 is 0.688 bits per heavy atom. The van der Waals surface area contributed by atoms with Crippen molar-refractivity contribution in [1.82, 2.24) is 0 Å². The molecule has 0 aliphatic carbocycles. The zero-order valence-corrected chi connectivity index (χ0v) is 18.4. The van der Waals surface area contributed by atoms with Gasteiger partial charge in [0, 0.05) is 18.3 Å². The Balaban J connectivity index is 7.04. The van der Waals surface area contributed by atoms with Crippen molar-refractivity contribution in [2.24, 2.45) is 0 Å². The molecule has 0 saturated heterocycles. The van der Waals surface area contributed by atoms with Crippen LogP contribution in [0.1, 0.15) is 41.5 Å². The van der Waals surface area contributed by atoms with Crippen LogP contribution >= 0.6 is 0 Å². The smallest absolute Gasteiger partial charge is 0.367 e. The van der Waals surface area contributed by atoms with Crippen molar-refractivity contribution in [3.8, 4) is 0 Å². The Labute approximate surface area is 175 Å². The molecule has 0 radical (unpaired) electrons. The molecule has 3 nitrogen and oxygen atoms in total. The molecule has 0 saturated carbocycles. The second-order valence-corrected chi connectivity index (χ2v) is 9.87. The van der Waals surface area contributed by atoms with Gasteiger partial charge in [0.25, 0.3) is 0 Å². The quantitative estimate of drug-likeness (QED) is 0.229. The molecule has 0 amide bonds. The van der Waals surface area contributed by atoms with Gasteiger partial charge in [-0.3, -0.25) is 0 Å². The highest BCUT2D eigenvalue weighted by molar-refractivity contribution is 6.64. The summed E-state index contributed by atoms with van der Waals surface area (Å²) in [4.78, 5) is 0. The summed E-state index contributed by atoms with van der Waals surface area (Å²) in [6, 6.07) is 0. The van der Waals surface area contributed by atoms with Crippen molar-refractivity contribution in [1.29, 1.82) is 0 Å². The van der Waals surface area contributed by atoms with Gasteiger partial charge in [0.2, 0.25) is 0 Å². The monoisotopic (exact) mass is 524 g/mol. The molecule has 0 bridgehead atoms. The zero-order chi connectivity index (χ0) is 26.4. The standard InChI is InChI=1S/C15H21F13O3Si/c1-7(2)29-32(30-8(3)4,31-9(5)6)15(27,28)13(22,23)11(18,19)10(16,17)12(20,21)14(24,25)26/h7-9H,1-6H3. The summed E-state index contributed by atoms with van der Waals surface area (Å²) in [7, 11) is -6.56. The first-order valence-corrected chi connectivity index (χ1v) is 10.5. The zero-order valence-electron chi connectivity index (χ0n) is 17.4. The molecular formula is C15H21F13O3Si. The molecule has 0 aliphatic heterocycles.